The van der Waals surface area contributed by atoms with Crippen LogP contribution in [0.2, 0.25) is 0 Å². The van der Waals surface area contributed by atoms with E-state index < -0.39 is 29.4 Å². The number of hydrogen-bond donors (Lipinski definition) is 0. The van der Waals surface area contributed by atoms with Crippen molar-refractivity contribution >= 4 is 30.1 Å². The molecule has 0 rings (SSSR count). The summed E-state index contributed by atoms with van der Waals surface area (Å²) in [6.45, 7) is 12.6. The highest BCUT2D eigenvalue weighted by atomic mass is 16.6. The number of carbonyl (C=O) groups excluding carboxylic acids is 5. The second kappa shape index (κ2) is 22.3. The zero-order valence-corrected chi connectivity index (χ0v) is 22.5. The molecule has 0 aliphatic rings. The van der Waals surface area contributed by atoms with Crippen LogP contribution < -0.4 is 0 Å². The minimum Gasteiger partial charge on any atom is -0.465 e. The van der Waals surface area contributed by atoms with Crippen molar-refractivity contribution in [2.75, 3.05) is 52.8 Å². The van der Waals surface area contributed by atoms with E-state index in [1.165, 1.54) is 19.1 Å². The molecule has 0 aromatic carbocycles. The van der Waals surface area contributed by atoms with Gasteiger partial charge in [0.05, 0.1) is 45.0 Å². The average molecular weight is 551 g/mol. The van der Waals surface area contributed by atoms with Crippen LogP contribution >= 0.6 is 0 Å². The van der Waals surface area contributed by atoms with Gasteiger partial charge in [-0.05, 0) is 32.6 Å². The summed E-state index contributed by atoms with van der Waals surface area (Å²) in [5, 5.41) is 0. The number of nitrogens with zero attached hydrogens (tertiary/aromatic N) is 2. The fourth-order valence-electron chi connectivity index (χ4n) is 2.97. The summed E-state index contributed by atoms with van der Waals surface area (Å²) in [7, 11) is 0. The molecule has 0 aromatic rings. The summed E-state index contributed by atoms with van der Waals surface area (Å²) in [6, 6.07) is -1.02. The number of rotatable bonds is 24. The zero-order chi connectivity index (χ0) is 29.4. The van der Waals surface area contributed by atoms with Crippen LogP contribution in [0.25, 0.3) is 0 Å². The molecule has 0 heterocycles. The molecule has 216 valence electrons. The molecule has 0 amide bonds. The van der Waals surface area contributed by atoms with E-state index in [9.17, 15) is 24.0 Å². The summed E-state index contributed by atoms with van der Waals surface area (Å²) in [4.78, 5) is 64.1. The molecular formula is C27H38N2O10. The molecule has 0 saturated heterocycles. The van der Waals surface area contributed by atoms with E-state index in [1.54, 1.807) is 12.2 Å². The molecule has 0 aromatic heterocycles. The molecule has 0 aliphatic carbocycles. The van der Waals surface area contributed by atoms with Crippen LogP contribution in [0, 0.1) is 5.41 Å². The van der Waals surface area contributed by atoms with Crippen molar-refractivity contribution in [1.29, 1.82) is 0 Å². The summed E-state index contributed by atoms with van der Waals surface area (Å²) in [6.07, 6.45) is 7.19. The van der Waals surface area contributed by atoms with Gasteiger partial charge in [0.25, 0.3) is 0 Å². The van der Waals surface area contributed by atoms with Gasteiger partial charge in [-0.25, -0.2) is 24.2 Å². The summed E-state index contributed by atoms with van der Waals surface area (Å²) >= 11 is 0. The quantitative estimate of drug-likeness (QED) is 0.0333. The SMILES string of the molecule is C=CCOCC(COCC=C)(COC(=O)CCCOC(=O)C(CCCCN=C=O)N=C=O)COC(=O)C(=C)C. The highest BCUT2D eigenvalue weighted by Crippen LogP contribution is 2.22. The molecule has 1 atom stereocenters. The third kappa shape index (κ3) is 17.4. The van der Waals surface area contributed by atoms with Crippen molar-refractivity contribution in [1.82, 2.24) is 0 Å². The molecule has 1 unspecified atom stereocenters. The van der Waals surface area contributed by atoms with E-state index in [-0.39, 0.29) is 77.6 Å². The highest BCUT2D eigenvalue weighted by Gasteiger charge is 2.35. The van der Waals surface area contributed by atoms with Crippen molar-refractivity contribution in [3.05, 3.63) is 37.5 Å². The first-order valence-electron chi connectivity index (χ1n) is 12.4. The van der Waals surface area contributed by atoms with E-state index in [2.05, 4.69) is 29.7 Å². The topological polar surface area (TPSA) is 156 Å². The van der Waals surface area contributed by atoms with Crippen molar-refractivity contribution < 1.29 is 47.7 Å². The van der Waals surface area contributed by atoms with Crippen LogP contribution in [0.1, 0.15) is 39.0 Å². The highest BCUT2D eigenvalue weighted by molar-refractivity contribution is 5.86. The van der Waals surface area contributed by atoms with Crippen LogP contribution in [0.3, 0.4) is 0 Å². The van der Waals surface area contributed by atoms with Gasteiger partial charge in [-0.1, -0.05) is 18.7 Å². The molecule has 0 bridgehead atoms. The molecule has 0 N–H and O–H groups in total. The lowest BCUT2D eigenvalue weighted by molar-refractivity contribution is -0.160. The molecule has 39 heavy (non-hydrogen) atoms. The molecular weight excluding hydrogens is 512 g/mol. The Labute approximate surface area is 228 Å². The molecule has 0 aliphatic heterocycles. The predicted molar refractivity (Wildman–Crippen MR) is 140 cm³/mol. The molecule has 0 spiro atoms. The fourth-order valence-corrected chi connectivity index (χ4v) is 2.97. The molecule has 0 fully saturated rings. The van der Waals surface area contributed by atoms with Gasteiger partial charge in [-0.3, -0.25) is 4.79 Å². The van der Waals surface area contributed by atoms with E-state index >= 15 is 0 Å². The molecule has 0 saturated carbocycles. The number of isocyanates is 2. The number of hydrogen-bond acceptors (Lipinski definition) is 12. The number of esters is 3. The first-order chi connectivity index (χ1) is 18.7. The van der Waals surface area contributed by atoms with Gasteiger partial charge in [0.2, 0.25) is 12.2 Å². The lowest BCUT2D eigenvalue weighted by Gasteiger charge is -2.32. The monoisotopic (exact) mass is 550 g/mol. The van der Waals surface area contributed by atoms with E-state index in [1.807, 2.05) is 0 Å². The molecule has 12 heteroatoms. The van der Waals surface area contributed by atoms with Crippen LogP contribution in [0.5, 0.6) is 0 Å². The van der Waals surface area contributed by atoms with E-state index in [0.717, 1.165) is 0 Å². The minimum absolute atomic E-state index is 0.0463. The normalized spacial score (nSPS) is 11.2. The first kappa shape index (κ1) is 35.3. The Morgan fingerprint density at radius 2 is 1.54 bits per heavy atom. The van der Waals surface area contributed by atoms with Gasteiger partial charge in [-0.15, -0.1) is 13.2 Å². The third-order valence-electron chi connectivity index (χ3n) is 5.00. The zero-order valence-electron chi connectivity index (χ0n) is 22.5. The van der Waals surface area contributed by atoms with Crippen molar-refractivity contribution in [2.24, 2.45) is 15.4 Å². The second-order valence-electron chi connectivity index (χ2n) is 8.60. The van der Waals surface area contributed by atoms with Crippen LogP contribution in [-0.2, 0) is 47.7 Å². The number of unbranched alkanes of at least 4 members (excludes halogenated alkanes) is 1. The summed E-state index contributed by atoms with van der Waals surface area (Å²) in [5.41, 5.74) is -0.793. The Morgan fingerprint density at radius 3 is 2.10 bits per heavy atom. The van der Waals surface area contributed by atoms with Crippen LogP contribution in [0.4, 0.5) is 0 Å². The van der Waals surface area contributed by atoms with Gasteiger partial charge in [0.15, 0.2) is 6.04 Å². The number of carbonyl (C=O) groups is 3. The maximum Gasteiger partial charge on any atom is 0.333 e. The lowest BCUT2D eigenvalue weighted by atomic mass is 9.92. The van der Waals surface area contributed by atoms with E-state index in [4.69, 9.17) is 23.7 Å². The Hall–Kier alpha value is -3.69. The number of ether oxygens (including phenoxy) is 5. The fraction of sp³-hybridized carbons (Fsp3) is 0.593. The summed E-state index contributed by atoms with van der Waals surface area (Å²) < 4.78 is 27.0. The standard InChI is InChI=1S/C27H38N2O10/c1-5-13-35-16-27(17-36-14-6-2,19-39-25(33)22(3)4)18-38-24(32)11-9-15-37-26(34)23(29-21-31)10-7-8-12-28-20-30/h5-6,23H,1-3,7-19H2,4H3. The minimum atomic E-state index is -1.02. The Bertz CT molecular complexity index is 890. The smallest absolute Gasteiger partial charge is 0.333 e. The van der Waals surface area contributed by atoms with Gasteiger partial charge in [0.1, 0.15) is 13.2 Å². The van der Waals surface area contributed by atoms with Gasteiger partial charge in [0, 0.05) is 12.0 Å². The molecule has 12 nitrogen and oxygen atoms in total. The van der Waals surface area contributed by atoms with Gasteiger partial charge in [-0.2, -0.15) is 4.99 Å². The average Bonchev–Trinajstić information content (AvgIpc) is 2.92. The van der Waals surface area contributed by atoms with Crippen LogP contribution in [0.15, 0.2) is 47.4 Å². The van der Waals surface area contributed by atoms with Crippen molar-refractivity contribution in [2.45, 2.75) is 45.1 Å². The van der Waals surface area contributed by atoms with Crippen molar-refractivity contribution in [3.8, 4) is 0 Å². The largest absolute Gasteiger partial charge is 0.465 e. The first-order valence-corrected chi connectivity index (χ1v) is 12.4. The maximum absolute atomic E-state index is 12.4. The molecule has 0 radical (unpaired) electrons. The van der Waals surface area contributed by atoms with Gasteiger partial charge < -0.3 is 23.7 Å². The maximum atomic E-state index is 12.4. The Morgan fingerprint density at radius 1 is 0.897 bits per heavy atom. The van der Waals surface area contributed by atoms with Gasteiger partial charge >= 0.3 is 17.9 Å². The predicted octanol–water partition coefficient (Wildman–Crippen LogP) is 2.57. The van der Waals surface area contributed by atoms with E-state index in [0.29, 0.717) is 12.8 Å². The van der Waals surface area contributed by atoms with Crippen LogP contribution in [-0.4, -0.2) is 88.9 Å². The Balaban J connectivity index is 4.91. The third-order valence-corrected chi connectivity index (χ3v) is 5.00. The Kier molecular flexibility index (Phi) is 20.2. The second-order valence-corrected chi connectivity index (χ2v) is 8.60. The van der Waals surface area contributed by atoms with Crippen molar-refractivity contribution in [3.63, 3.8) is 0 Å². The number of aliphatic imine (C=N–C) groups is 2. The summed E-state index contributed by atoms with van der Waals surface area (Å²) in [5.74, 6) is -1.90. The lowest BCUT2D eigenvalue weighted by Crippen LogP contribution is -2.43.